The van der Waals surface area contributed by atoms with Crippen molar-refractivity contribution in [3.63, 3.8) is 0 Å². The smallest absolute Gasteiger partial charge is 0.131 e. The SMILES string of the molecule is Cc1cc(Oc2ccc(F)c3c2CCC3Oc2ccc3c(c2)OCC3CCO)ccc1C#N. The fourth-order valence-electron chi connectivity index (χ4n) is 4.70. The molecule has 168 valence electrons. The Hall–Kier alpha value is -3.56. The van der Waals surface area contributed by atoms with Gasteiger partial charge in [-0.05, 0) is 68.1 Å². The number of aliphatic hydroxyl groups excluding tert-OH is 1. The highest BCUT2D eigenvalue weighted by Crippen LogP contribution is 2.44. The van der Waals surface area contributed by atoms with Gasteiger partial charge in [0.1, 0.15) is 34.9 Å². The molecule has 0 saturated carbocycles. The van der Waals surface area contributed by atoms with Crippen molar-refractivity contribution in [2.75, 3.05) is 13.2 Å². The van der Waals surface area contributed by atoms with E-state index in [1.165, 1.54) is 6.07 Å². The van der Waals surface area contributed by atoms with Crippen molar-refractivity contribution in [1.29, 1.82) is 5.26 Å². The fraction of sp³-hybridized carbons (Fsp3) is 0.296. The number of nitriles is 1. The first-order chi connectivity index (χ1) is 16.1. The largest absolute Gasteiger partial charge is 0.493 e. The van der Waals surface area contributed by atoms with Crippen LogP contribution in [0.2, 0.25) is 0 Å². The van der Waals surface area contributed by atoms with E-state index in [4.69, 9.17) is 19.5 Å². The van der Waals surface area contributed by atoms with Crippen molar-refractivity contribution in [3.05, 3.63) is 82.2 Å². The molecule has 2 atom stereocenters. The van der Waals surface area contributed by atoms with E-state index < -0.39 is 6.10 Å². The van der Waals surface area contributed by atoms with E-state index in [9.17, 15) is 9.50 Å². The average Bonchev–Trinajstić information content (AvgIpc) is 3.41. The van der Waals surface area contributed by atoms with Gasteiger partial charge in [0.2, 0.25) is 0 Å². The number of hydrogen-bond donors (Lipinski definition) is 1. The van der Waals surface area contributed by atoms with Crippen molar-refractivity contribution in [2.24, 2.45) is 0 Å². The molecule has 0 fully saturated rings. The molecule has 0 spiro atoms. The molecule has 0 saturated heterocycles. The van der Waals surface area contributed by atoms with Crippen molar-refractivity contribution in [1.82, 2.24) is 0 Å². The Morgan fingerprint density at radius 1 is 1.15 bits per heavy atom. The minimum Gasteiger partial charge on any atom is -0.493 e. The number of rotatable bonds is 6. The summed E-state index contributed by atoms with van der Waals surface area (Å²) < 4.78 is 32.9. The second-order valence-electron chi connectivity index (χ2n) is 8.49. The first-order valence-corrected chi connectivity index (χ1v) is 11.1. The van der Waals surface area contributed by atoms with Gasteiger partial charge in [0.25, 0.3) is 0 Å². The lowest BCUT2D eigenvalue weighted by atomic mass is 9.98. The summed E-state index contributed by atoms with van der Waals surface area (Å²) in [7, 11) is 0. The van der Waals surface area contributed by atoms with Crippen molar-refractivity contribution in [3.8, 4) is 29.1 Å². The average molecular weight is 445 g/mol. The minimum atomic E-state index is -0.418. The van der Waals surface area contributed by atoms with Gasteiger partial charge in [-0.3, -0.25) is 0 Å². The van der Waals surface area contributed by atoms with Crippen LogP contribution in [0.4, 0.5) is 4.39 Å². The molecule has 1 heterocycles. The summed E-state index contributed by atoms with van der Waals surface area (Å²) in [6, 6.07) is 16.2. The summed E-state index contributed by atoms with van der Waals surface area (Å²) in [5.41, 5.74) is 3.83. The van der Waals surface area contributed by atoms with Crippen molar-refractivity contribution >= 4 is 0 Å². The third kappa shape index (κ3) is 4.01. The Morgan fingerprint density at radius 3 is 2.79 bits per heavy atom. The number of nitrogens with zero attached hydrogens (tertiary/aromatic N) is 1. The van der Waals surface area contributed by atoms with Gasteiger partial charge in [0, 0.05) is 35.3 Å². The van der Waals surface area contributed by atoms with E-state index in [2.05, 4.69) is 6.07 Å². The van der Waals surface area contributed by atoms with E-state index in [-0.39, 0.29) is 18.3 Å². The molecular formula is C27H24FNO4. The number of fused-ring (bicyclic) bond motifs is 2. The predicted molar refractivity (Wildman–Crippen MR) is 120 cm³/mol. The van der Waals surface area contributed by atoms with Gasteiger partial charge in [-0.25, -0.2) is 4.39 Å². The fourth-order valence-corrected chi connectivity index (χ4v) is 4.70. The molecule has 33 heavy (non-hydrogen) atoms. The highest BCUT2D eigenvalue weighted by molar-refractivity contribution is 5.50. The standard InChI is InChI=1S/C27H24FNO4/c1-16-12-19(3-2-17(16)14-29)32-24-9-7-23(28)27-22(24)6-8-25(27)33-20-4-5-21-18(10-11-30)15-31-26(21)13-20/h2-5,7,9,12-13,18,25,30H,6,8,10-11,15H2,1H3. The lowest BCUT2D eigenvalue weighted by Gasteiger charge is -2.17. The zero-order valence-corrected chi connectivity index (χ0v) is 18.3. The Kier molecular flexibility index (Phi) is 5.65. The van der Waals surface area contributed by atoms with Crippen molar-refractivity contribution in [2.45, 2.75) is 38.2 Å². The minimum absolute atomic E-state index is 0.121. The van der Waals surface area contributed by atoms with Gasteiger partial charge >= 0.3 is 0 Å². The molecule has 6 heteroatoms. The first kappa shape index (κ1) is 21.3. The van der Waals surface area contributed by atoms with E-state index in [0.717, 1.165) is 22.4 Å². The molecular weight excluding hydrogens is 421 g/mol. The monoisotopic (exact) mass is 445 g/mol. The Balaban J connectivity index is 1.38. The number of benzene rings is 3. The van der Waals surface area contributed by atoms with Crippen LogP contribution in [-0.2, 0) is 6.42 Å². The highest BCUT2D eigenvalue weighted by Gasteiger charge is 2.31. The molecule has 5 nitrogen and oxygen atoms in total. The van der Waals surface area contributed by atoms with Gasteiger partial charge < -0.3 is 19.3 Å². The van der Waals surface area contributed by atoms with E-state index >= 15 is 0 Å². The normalized spacial score (nSPS) is 18.2. The summed E-state index contributed by atoms with van der Waals surface area (Å²) in [6.07, 6.45) is 1.53. The van der Waals surface area contributed by atoms with Crippen LogP contribution < -0.4 is 14.2 Å². The maximum Gasteiger partial charge on any atom is 0.131 e. The number of ether oxygens (including phenoxy) is 3. The predicted octanol–water partition coefficient (Wildman–Crippen LogP) is 5.72. The molecule has 0 radical (unpaired) electrons. The summed E-state index contributed by atoms with van der Waals surface area (Å²) in [4.78, 5) is 0. The number of hydrogen-bond acceptors (Lipinski definition) is 5. The topological polar surface area (TPSA) is 71.7 Å². The zero-order chi connectivity index (χ0) is 22.9. The second-order valence-corrected chi connectivity index (χ2v) is 8.49. The lowest BCUT2D eigenvalue weighted by molar-refractivity contribution is 0.202. The van der Waals surface area contributed by atoms with Gasteiger partial charge in [-0.2, -0.15) is 5.26 Å². The summed E-state index contributed by atoms with van der Waals surface area (Å²) >= 11 is 0. The molecule has 2 unspecified atom stereocenters. The Bertz CT molecular complexity index is 1250. The van der Waals surface area contributed by atoms with E-state index in [1.54, 1.807) is 18.2 Å². The number of halogens is 1. The van der Waals surface area contributed by atoms with Crippen LogP contribution in [0.25, 0.3) is 0 Å². The Morgan fingerprint density at radius 2 is 2.00 bits per heavy atom. The third-order valence-electron chi connectivity index (χ3n) is 6.41. The molecule has 5 rings (SSSR count). The van der Waals surface area contributed by atoms with E-state index in [1.807, 2.05) is 31.2 Å². The van der Waals surface area contributed by atoms with Crippen LogP contribution in [-0.4, -0.2) is 18.3 Å². The quantitative estimate of drug-likeness (QED) is 0.525. The van der Waals surface area contributed by atoms with Crippen LogP contribution in [0.15, 0.2) is 48.5 Å². The Labute approximate surface area is 192 Å². The van der Waals surface area contributed by atoms with Crippen LogP contribution in [0.5, 0.6) is 23.0 Å². The van der Waals surface area contributed by atoms with Crippen LogP contribution in [0.3, 0.4) is 0 Å². The molecule has 0 bridgehead atoms. The molecule has 0 aromatic heterocycles. The molecule has 3 aromatic carbocycles. The van der Waals surface area contributed by atoms with Gasteiger partial charge in [0.15, 0.2) is 0 Å². The zero-order valence-electron chi connectivity index (χ0n) is 18.3. The van der Waals surface area contributed by atoms with E-state index in [0.29, 0.717) is 54.2 Å². The maximum absolute atomic E-state index is 14.9. The maximum atomic E-state index is 14.9. The van der Waals surface area contributed by atoms with Gasteiger partial charge in [0.05, 0.1) is 18.2 Å². The third-order valence-corrected chi connectivity index (χ3v) is 6.41. The summed E-state index contributed by atoms with van der Waals surface area (Å²) in [5, 5.41) is 18.4. The van der Waals surface area contributed by atoms with Gasteiger partial charge in [-0.1, -0.05) is 6.07 Å². The molecule has 3 aromatic rings. The molecule has 0 amide bonds. The second kappa shape index (κ2) is 8.76. The van der Waals surface area contributed by atoms with Crippen molar-refractivity contribution < 1.29 is 23.7 Å². The van der Waals surface area contributed by atoms with Gasteiger partial charge in [-0.15, -0.1) is 0 Å². The first-order valence-electron chi connectivity index (χ1n) is 11.1. The number of aryl methyl sites for hydroxylation is 1. The van der Waals surface area contributed by atoms with Crippen LogP contribution in [0, 0.1) is 24.1 Å². The summed E-state index contributed by atoms with van der Waals surface area (Å²) in [6.45, 7) is 2.53. The lowest BCUT2D eigenvalue weighted by Crippen LogP contribution is -2.06. The molecule has 1 aliphatic heterocycles. The molecule has 1 N–H and O–H groups in total. The summed E-state index contributed by atoms with van der Waals surface area (Å²) in [5.74, 6) is 2.48. The highest BCUT2D eigenvalue weighted by atomic mass is 19.1. The molecule has 2 aliphatic rings. The number of aliphatic hydroxyl groups is 1. The van der Waals surface area contributed by atoms with Crippen LogP contribution >= 0.6 is 0 Å². The molecule has 1 aliphatic carbocycles. The van der Waals surface area contributed by atoms with Crippen LogP contribution in [0.1, 0.15) is 52.7 Å².